The Kier molecular flexibility index (Phi) is 7.13. The Hall–Kier alpha value is -3.04. The van der Waals surface area contributed by atoms with Crippen LogP contribution in [0.25, 0.3) is 11.4 Å². The summed E-state index contributed by atoms with van der Waals surface area (Å²) >= 11 is 0. The van der Waals surface area contributed by atoms with Gasteiger partial charge in [-0.1, -0.05) is 26.3 Å². The number of carbonyl (C=O) groups is 1. The lowest BCUT2D eigenvalue weighted by atomic mass is 10.1. The van der Waals surface area contributed by atoms with Gasteiger partial charge in [0.15, 0.2) is 5.82 Å². The lowest BCUT2D eigenvalue weighted by Crippen LogP contribution is -2.30. The Bertz CT molecular complexity index is 1280. The van der Waals surface area contributed by atoms with Crippen LogP contribution in [-0.4, -0.2) is 46.5 Å². The molecule has 2 aromatic carbocycles. The number of nitrogens with zero attached hydrogens (tertiary/aromatic N) is 4. The van der Waals surface area contributed by atoms with Crippen molar-refractivity contribution >= 4 is 21.6 Å². The molecule has 0 fully saturated rings. The molecule has 0 unspecified atom stereocenters. The summed E-state index contributed by atoms with van der Waals surface area (Å²) in [6.45, 7) is 7.05. The fourth-order valence-corrected chi connectivity index (χ4v) is 5.80. The zero-order valence-corrected chi connectivity index (χ0v) is 20.7. The lowest BCUT2D eigenvalue weighted by Gasteiger charge is -2.19. The molecule has 0 saturated heterocycles. The van der Waals surface area contributed by atoms with E-state index >= 15 is 0 Å². The van der Waals surface area contributed by atoms with Crippen LogP contribution in [-0.2, 0) is 23.0 Å². The van der Waals surface area contributed by atoms with Gasteiger partial charge in [-0.25, -0.2) is 8.42 Å². The highest BCUT2D eigenvalue weighted by molar-refractivity contribution is 7.89. The van der Waals surface area contributed by atoms with E-state index in [-0.39, 0.29) is 10.8 Å². The van der Waals surface area contributed by atoms with Crippen molar-refractivity contribution in [2.24, 2.45) is 0 Å². The summed E-state index contributed by atoms with van der Waals surface area (Å²) in [7, 11) is -3.65. The molecule has 8 nitrogen and oxygen atoms in total. The van der Waals surface area contributed by atoms with E-state index in [0.29, 0.717) is 29.9 Å². The van der Waals surface area contributed by atoms with Gasteiger partial charge in [0.05, 0.1) is 4.90 Å². The monoisotopic (exact) mass is 481 g/mol. The summed E-state index contributed by atoms with van der Waals surface area (Å²) in [5.41, 5.74) is 2.61. The van der Waals surface area contributed by atoms with Gasteiger partial charge < -0.3 is 9.88 Å². The van der Waals surface area contributed by atoms with Gasteiger partial charge >= 0.3 is 0 Å². The zero-order chi connectivity index (χ0) is 24.3. The third-order valence-electron chi connectivity index (χ3n) is 6.31. The number of nitrogens with one attached hydrogen (secondary N) is 1. The van der Waals surface area contributed by atoms with Gasteiger partial charge in [-0.15, -0.1) is 10.2 Å². The maximum absolute atomic E-state index is 13.0. The number of aromatic nitrogens is 3. The summed E-state index contributed by atoms with van der Waals surface area (Å²) in [6.07, 6.45) is 4.41. The minimum atomic E-state index is -3.65. The van der Waals surface area contributed by atoms with Crippen LogP contribution in [0.3, 0.4) is 0 Å². The van der Waals surface area contributed by atoms with E-state index in [1.54, 1.807) is 32.9 Å². The molecule has 34 heavy (non-hydrogen) atoms. The van der Waals surface area contributed by atoms with E-state index in [0.717, 1.165) is 43.0 Å². The number of rotatable bonds is 7. The van der Waals surface area contributed by atoms with Crippen molar-refractivity contribution in [2.45, 2.75) is 57.9 Å². The second-order valence-electron chi connectivity index (χ2n) is 8.50. The van der Waals surface area contributed by atoms with E-state index in [1.807, 2.05) is 24.3 Å². The van der Waals surface area contributed by atoms with Crippen molar-refractivity contribution in [3.63, 3.8) is 0 Å². The number of carbonyl (C=O) groups excluding carboxylic acids is 1. The zero-order valence-electron chi connectivity index (χ0n) is 19.9. The van der Waals surface area contributed by atoms with Crippen molar-refractivity contribution in [3.05, 3.63) is 59.4 Å². The highest BCUT2D eigenvalue weighted by Gasteiger charge is 2.23. The Morgan fingerprint density at radius 3 is 2.47 bits per heavy atom. The number of amides is 1. The summed E-state index contributed by atoms with van der Waals surface area (Å²) in [5, 5.41) is 11.6. The quantitative estimate of drug-likeness (QED) is 0.544. The van der Waals surface area contributed by atoms with Gasteiger partial charge in [0.2, 0.25) is 10.0 Å². The molecule has 0 radical (unpaired) electrons. The van der Waals surface area contributed by atoms with E-state index in [2.05, 4.69) is 20.1 Å². The predicted molar refractivity (Wildman–Crippen MR) is 132 cm³/mol. The minimum absolute atomic E-state index is 0.120. The largest absolute Gasteiger partial charge is 0.322 e. The third-order valence-corrected chi connectivity index (χ3v) is 8.35. The first-order valence-electron chi connectivity index (χ1n) is 11.8. The van der Waals surface area contributed by atoms with Crippen LogP contribution >= 0.6 is 0 Å². The normalized spacial score (nSPS) is 14.0. The Morgan fingerprint density at radius 1 is 1.03 bits per heavy atom. The smallest absolute Gasteiger partial charge is 0.255 e. The highest BCUT2D eigenvalue weighted by Crippen LogP contribution is 2.25. The number of hydrogen-bond donors (Lipinski definition) is 1. The average Bonchev–Trinajstić information content (AvgIpc) is 3.08. The molecule has 1 N–H and O–H groups in total. The van der Waals surface area contributed by atoms with Crippen LogP contribution in [0, 0.1) is 6.92 Å². The summed E-state index contributed by atoms with van der Waals surface area (Å²) in [4.78, 5) is 13.1. The fraction of sp³-hybridized carbons (Fsp3) is 0.400. The van der Waals surface area contributed by atoms with Crippen molar-refractivity contribution < 1.29 is 13.2 Å². The average molecular weight is 482 g/mol. The van der Waals surface area contributed by atoms with E-state index in [4.69, 9.17) is 0 Å². The number of benzene rings is 2. The number of hydrogen-bond acceptors (Lipinski definition) is 5. The Morgan fingerprint density at radius 2 is 1.76 bits per heavy atom. The van der Waals surface area contributed by atoms with Gasteiger partial charge in [-0.2, -0.15) is 4.31 Å². The van der Waals surface area contributed by atoms with Crippen LogP contribution in [0.5, 0.6) is 0 Å². The first kappa shape index (κ1) is 24.1. The Labute approximate surface area is 201 Å². The SMILES string of the molecule is CCN(CC)S(=O)(=O)c1ccc(C)c(C(=O)Nc2ccc(-c3nnc4n3CCCCC4)cc2)c1. The molecule has 0 saturated carbocycles. The number of anilines is 1. The molecule has 1 aliphatic rings. The third kappa shape index (κ3) is 4.76. The second-order valence-corrected chi connectivity index (χ2v) is 10.4. The van der Waals surface area contributed by atoms with Crippen LogP contribution in [0.15, 0.2) is 47.4 Å². The predicted octanol–water partition coefficient (Wildman–Crippen LogP) is 4.26. The van der Waals surface area contributed by atoms with E-state index in [9.17, 15) is 13.2 Å². The molecule has 180 valence electrons. The molecule has 0 bridgehead atoms. The van der Waals surface area contributed by atoms with Crippen LogP contribution in [0.4, 0.5) is 5.69 Å². The van der Waals surface area contributed by atoms with E-state index in [1.165, 1.54) is 16.8 Å². The number of aryl methyl sites for hydroxylation is 2. The molecular weight excluding hydrogens is 450 g/mol. The minimum Gasteiger partial charge on any atom is -0.322 e. The summed E-state index contributed by atoms with van der Waals surface area (Å²) in [5.74, 6) is 1.53. The summed E-state index contributed by atoms with van der Waals surface area (Å²) in [6, 6.07) is 12.2. The number of sulfonamides is 1. The second kappa shape index (κ2) is 10.1. The first-order chi connectivity index (χ1) is 16.3. The lowest BCUT2D eigenvalue weighted by molar-refractivity contribution is 0.102. The van der Waals surface area contributed by atoms with Gasteiger partial charge in [-0.3, -0.25) is 4.79 Å². The molecule has 1 aromatic heterocycles. The molecule has 1 amide bonds. The standard InChI is InChI=1S/C25H31N5O3S/c1-4-29(5-2)34(32,33)21-15-10-18(3)22(17-21)25(31)26-20-13-11-19(12-14-20)24-28-27-23-9-7-6-8-16-30(23)24/h10-15,17H,4-9,16H2,1-3H3,(H,26,31). The Balaban J connectivity index is 1.54. The summed E-state index contributed by atoms with van der Waals surface area (Å²) < 4.78 is 29.4. The van der Waals surface area contributed by atoms with Gasteiger partial charge in [0, 0.05) is 42.9 Å². The van der Waals surface area contributed by atoms with Crippen LogP contribution < -0.4 is 5.32 Å². The molecular formula is C25H31N5O3S. The number of fused-ring (bicyclic) bond motifs is 1. The maximum atomic E-state index is 13.0. The van der Waals surface area contributed by atoms with Gasteiger partial charge in [-0.05, 0) is 61.7 Å². The molecule has 1 aliphatic heterocycles. The van der Waals surface area contributed by atoms with Crippen molar-refractivity contribution in [2.75, 3.05) is 18.4 Å². The molecule has 4 rings (SSSR count). The molecule has 9 heteroatoms. The van der Waals surface area contributed by atoms with Gasteiger partial charge in [0.25, 0.3) is 5.91 Å². The fourth-order valence-electron chi connectivity index (χ4n) is 4.32. The van der Waals surface area contributed by atoms with E-state index < -0.39 is 10.0 Å². The maximum Gasteiger partial charge on any atom is 0.255 e. The van der Waals surface area contributed by atoms with Crippen molar-refractivity contribution in [1.29, 1.82) is 0 Å². The van der Waals surface area contributed by atoms with Crippen LogP contribution in [0.1, 0.15) is 54.9 Å². The molecule has 3 aromatic rings. The van der Waals surface area contributed by atoms with Gasteiger partial charge in [0.1, 0.15) is 5.82 Å². The first-order valence-corrected chi connectivity index (χ1v) is 13.2. The van der Waals surface area contributed by atoms with Crippen LogP contribution in [0.2, 0.25) is 0 Å². The topological polar surface area (TPSA) is 97.2 Å². The molecule has 0 aliphatic carbocycles. The molecule has 0 spiro atoms. The molecule has 2 heterocycles. The highest BCUT2D eigenvalue weighted by atomic mass is 32.2. The van der Waals surface area contributed by atoms with Crippen molar-refractivity contribution in [1.82, 2.24) is 19.1 Å². The molecule has 0 atom stereocenters. The van der Waals surface area contributed by atoms with Crippen molar-refractivity contribution in [3.8, 4) is 11.4 Å².